The fraction of sp³-hybridized carbons (Fsp3) is 0.118. The third kappa shape index (κ3) is 1.96. The van der Waals surface area contributed by atoms with Gasteiger partial charge in [0.1, 0.15) is 11.4 Å². The van der Waals surface area contributed by atoms with Crippen molar-refractivity contribution in [3.63, 3.8) is 0 Å². The van der Waals surface area contributed by atoms with Gasteiger partial charge in [0.2, 0.25) is 0 Å². The van der Waals surface area contributed by atoms with Crippen LogP contribution in [0, 0.1) is 0 Å². The number of nitrogens with two attached hydrogens (primary N) is 1. The van der Waals surface area contributed by atoms with E-state index in [9.17, 15) is 4.79 Å². The van der Waals surface area contributed by atoms with E-state index in [-0.39, 0.29) is 0 Å². The second-order valence-corrected chi connectivity index (χ2v) is 4.86. The van der Waals surface area contributed by atoms with E-state index in [2.05, 4.69) is 0 Å². The highest BCUT2D eigenvalue weighted by atomic mass is 16.5. The van der Waals surface area contributed by atoms with Crippen LogP contribution in [0.15, 0.2) is 48.5 Å². The van der Waals surface area contributed by atoms with Crippen LogP contribution < -0.4 is 10.5 Å². The standard InChI is InChI=1S/C17H16N2O2/c1-19-13-9-5-3-7-11(13)15(16(19)17(18)20)12-8-4-6-10-14(12)21-2/h3-10H,1-2H3,(H2,18,20). The van der Waals surface area contributed by atoms with Gasteiger partial charge in [-0.15, -0.1) is 0 Å². The average Bonchev–Trinajstić information content (AvgIpc) is 2.81. The summed E-state index contributed by atoms with van der Waals surface area (Å²) in [5, 5.41) is 0.985. The molecule has 2 aromatic carbocycles. The number of fused-ring (bicyclic) bond motifs is 1. The summed E-state index contributed by atoms with van der Waals surface area (Å²) in [6.07, 6.45) is 0. The maximum Gasteiger partial charge on any atom is 0.266 e. The van der Waals surface area contributed by atoms with E-state index in [1.807, 2.05) is 60.1 Å². The third-order valence-electron chi connectivity index (χ3n) is 3.72. The Morgan fingerprint density at radius 1 is 1.10 bits per heavy atom. The molecule has 0 saturated heterocycles. The number of carbonyl (C=O) groups excluding carboxylic acids is 1. The number of nitrogens with zero attached hydrogens (tertiary/aromatic N) is 1. The summed E-state index contributed by atoms with van der Waals surface area (Å²) in [6, 6.07) is 15.5. The van der Waals surface area contributed by atoms with Crippen LogP contribution in [-0.4, -0.2) is 17.6 Å². The molecule has 0 fully saturated rings. The highest BCUT2D eigenvalue weighted by Gasteiger charge is 2.22. The van der Waals surface area contributed by atoms with Gasteiger partial charge in [0.15, 0.2) is 0 Å². The number of para-hydroxylation sites is 2. The molecule has 4 nitrogen and oxygen atoms in total. The van der Waals surface area contributed by atoms with Gasteiger partial charge in [-0.3, -0.25) is 4.79 Å². The first kappa shape index (κ1) is 13.2. The molecular weight excluding hydrogens is 264 g/mol. The summed E-state index contributed by atoms with van der Waals surface area (Å²) in [6.45, 7) is 0. The van der Waals surface area contributed by atoms with Crippen LogP contribution in [0.4, 0.5) is 0 Å². The second-order valence-electron chi connectivity index (χ2n) is 4.86. The summed E-state index contributed by atoms with van der Waals surface area (Å²) >= 11 is 0. The van der Waals surface area contributed by atoms with Crippen molar-refractivity contribution < 1.29 is 9.53 Å². The average molecular weight is 280 g/mol. The molecule has 1 amide bonds. The van der Waals surface area contributed by atoms with Crippen molar-refractivity contribution >= 4 is 16.8 Å². The van der Waals surface area contributed by atoms with Crippen molar-refractivity contribution in [3.8, 4) is 16.9 Å². The van der Waals surface area contributed by atoms with E-state index in [1.54, 1.807) is 7.11 Å². The van der Waals surface area contributed by atoms with Crippen molar-refractivity contribution in [2.75, 3.05) is 7.11 Å². The van der Waals surface area contributed by atoms with Crippen LogP contribution in [0.3, 0.4) is 0 Å². The Morgan fingerprint density at radius 3 is 2.48 bits per heavy atom. The van der Waals surface area contributed by atoms with Crippen LogP contribution in [0.2, 0.25) is 0 Å². The number of ether oxygens (including phenoxy) is 1. The summed E-state index contributed by atoms with van der Waals surface area (Å²) in [4.78, 5) is 11.9. The fourth-order valence-electron chi connectivity index (χ4n) is 2.81. The van der Waals surface area contributed by atoms with Crippen molar-refractivity contribution in [2.45, 2.75) is 0 Å². The van der Waals surface area contributed by atoms with Gasteiger partial charge in [-0.25, -0.2) is 0 Å². The van der Waals surface area contributed by atoms with Gasteiger partial charge in [-0.1, -0.05) is 36.4 Å². The largest absolute Gasteiger partial charge is 0.496 e. The minimum absolute atomic E-state index is 0.449. The van der Waals surface area contributed by atoms with Crippen molar-refractivity contribution in [3.05, 3.63) is 54.2 Å². The minimum atomic E-state index is -0.449. The van der Waals surface area contributed by atoms with Crippen LogP contribution in [0.1, 0.15) is 10.5 Å². The number of benzene rings is 2. The topological polar surface area (TPSA) is 57.2 Å². The predicted octanol–water partition coefficient (Wildman–Crippen LogP) is 2.95. The van der Waals surface area contributed by atoms with Crippen LogP contribution in [0.5, 0.6) is 5.75 Å². The first-order valence-electron chi connectivity index (χ1n) is 6.65. The highest BCUT2D eigenvalue weighted by Crippen LogP contribution is 2.38. The van der Waals surface area contributed by atoms with Gasteiger partial charge in [0.25, 0.3) is 5.91 Å². The van der Waals surface area contributed by atoms with E-state index in [4.69, 9.17) is 10.5 Å². The lowest BCUT2D eigenvalue weighted by Gasteiger charge is -2.09. The fourth-order valence-corrected chi connectivity index (χ4v) is 2.81. The number of aromatic nitrogens is 1. The zero-order chi connectivity index (χ0) is 15.0. The molecule has 0 aliphatic heterocycles. The summed E-state index contributed by atoms with van der Waals surface area (Å²) in [5.41, 5.74) is 8.74. The number of carbonyl (C=O) groups is 1. The zero-order valence-electron chi connectivity index (χ0n) is 12.0. The molecule has 0 unspecified atom stereocenters. The number of hydrogen-bond acceptors (Lipinski definition) is 2. The number of primary amides is 1. The lowest BCUT2D eigenvalue weighted by molar-refractivity contribution is 0.0993. The molecule has 0 aliphatic rings. The van der Waals surface area contributed by atoms with Crippen LogP contribution in [-0.2, 0) is 7.05 Å². The molecule has 0 spiro atoms. The number of hydrogen-bond donors (Lipinski definition) is 1. The van der Waals surface area contributed by atoms with E-state index >= 15 is 0 Å². The molecule has 21 heavy (non-hydrogen) atoms. The van der Waals surface area contributed by atoms with E-state index in [0.29, 0.717) is 5.69 Å². The molecule has 0 radical (unpaired) electrons. The molecule has 106 valence electrons. The zero-order valence-corrected chi connectivity index (χ0v) is 12.0. The number of aryl methyl sites for hydroxylation is 1. The minimum Gasteiger partial charge on any atom is -0.496 e. The molecular formula is C17H16N2O2. The normalized spacial score (nSPS) is 10.8. The van der Waals surface area contributed by atoms with Gasteiger partial charge in [-0.05, 0) is 12.1 Å². The maximum atomic E-state index is 11.9. The summed E-state index contributed by atoms with van der Waals surface area (Å²) < 4.78 is 7.26. The van der Waals surface area contributed by atoms with Crippen LogP contribution >= 0.6 is 0 Å². The number of amides is 1. The third-order valence-corrected chi connectivity index (χ3v) is 3.72. The molecule has 0 saturated carbocycles. The second kappa shape index (κ2) is 4.98. The van der Waals surface area contributed by atoms with Crippen molar-refractivity contribution in [2.24, 2.45) is 12.8 Å². The van der Waals surface area contributed by atoms with E-state index in [1.165, 1.54) is 0 Å². The highest BCUT2D eigenvalue weighted by molar-refractivity contribution is 6.10. The Hall–Kier alpha value is -2.75. The quantitative estimate of drug-likeness (QED) is 0.802. The number of methoxy groups -OCH3 is 1. The monoisotopic (exact) mass is 280 g/mol. The molecule has 2 N–H and O–H groups in total. The SMILES string of the molecule is COc1ccccc1-c1c(C(N)=O)n(C)c2ccccc12. The van der Waals surface area contributed by atoms with Crippen molar-refractivity contribution in [1.29, 1.82) is 0 Å². The lowest BCUT2D eigenvalue weighted by atomic mass is 10.0. The number of rotatable bonds is 3. The molecule has 0 bridgehead atoms. The Bertz CT molecular complexity index is 834. The molecule has 4 heteroatoms. The lowest BCUT2D eigenvalue weighted by Crippen LogP contribution is -2.16. The molecule has 3 aromatic rings. The maximum absolute atomic E-state index is 11.9. The molecule has 1 heterocycles. The Labute approximate surface area is 122 Å². The Morgan fingerprint density at radius 2 is 1.76 bits per heavy atom. The van der Waals surface area contributed by atoms with Gasteiger partial charge >= 0.3 is 0 Å². The summed E-state index contributed by atoms with van der Waals surface area (Å²) in [7, 11) is 3.47. The molecule has 0 atom stereocenters. The molecule has 0 aliphatic carbocycles. The Kier molecular flexibility index (Phi) is 3.14. The molecule has 3 rings (SSSR count). The first-order chi connectivity index (χ1) is 10.1. The van der Waals surface area contributed by atoms with E-state index < -0.39 is 5.91 Å². The first-order valence-corrected chi connectivity index (χ1v) is 6.65. The van der Waals surface area contributed by atoms with Gasteiger partial charge in [0.05, 0.1) is 7.11 Å². The predicted molar refractivity (Wildman–Crippen MR) is 83.4 cm³/mol. The Balaban J connectivity index is 2.46. The van der Waals surface area contributed by atoms with E-state index in [0.717, 1.165) is 27.8 Å². The van der Waals surface area contributed by atoms with Gasteiger partial charge < -0.3 is 15.0 Å². The van der Waals surface area contributed by atoms with Gasteiger partial charge in [0, 0.05) is 29.1 Å². The van der Waals surface area contributed by atoms with Crippen LogP contribution in [0.25, 0.3) is 22.0 Å². The van der Waals surface area contributed by atoms with Crippen molar-refractivity contribution in [1.82, 2.24) is 4.57 Å². The van der Waals surface area contributed by atoms with Gasteiger partial charge in [-0.2, -0.15) is 0 Å². The molecule has 1 aromatic heterocycles. The smallest absolute Gasteiger partial charge is 0.266 e. The summed E-state index contributed by atoms with van der Waals surface area (Å²) in [5.74, 6) is 0.269.